The zero-order valence-corrected chi connectivity index (χ0v) is 11.0. The summed E-state index contributed by atoms with van der Waals surface area (Å²) in [5, 5.41) is 14.2. The smallest absolute Gasteiger partial charge is 0.313 e. The summed E-state index contributed by atoms with van der Waals surface area (Å²) in [5.74, 6) is -2.24. The van der Waals surface area contributed by atoms with Crippen LogP contribution in [0.2, 0.25) is 0 Å². The van der Waals surface area contributed by atoms with E-state index >= 15 is 0 Å². The van der Waals surface area contributed by atoms with Crippen LogP contribution in [0.4, 0.5) is 10.1 Å². The molecule has 0 aliphatic heterocycles. The molecule has 2 rings (SSSR count). The fourth-order valence-electron chi connectivity index (χ4n) is 1.62. The third kappa shape index (κ3) is 4.04. The lowest BCUT2D eigenvalue weighted by Gasteiger charge is -2.07. The molecule has 0 aliphatic rings. The molecule has 0 saturated carbocycles. The molecule has 0 aromatic heterocycles. The summed E-state index contributed by atoms with van der Waals surface area (Å²) in [5.41, 5.74) is 0.819. The molecule has 2 aromatic rings. The number of aromatic hydroxyl groups is 1. The van der Waals surface area contributed by atoms with Gasteiger partial charge in [0.15, 0.2) is 0 Å². The number of carbonyl (C=O) groups is 2. The Labute approximate surface area is 120 Å². The van der Waals surface area contributed by atoms with E-state index in [9.17, 15) is 19.1 Å². The molecule has 0 spiro atoms. The van der Waals surface area contributed by atoms with Crippen LogP contribution >= 0.6 is 0 Å². The Morgan fingerprint density at radius 2 is 1.67 bits per heavy atom. The number of hydrogen-bond acceptors (Lipinski definition) is 3. The van der Waals surface area contributed by atoms with E-state index in [1.807, 2.05) is 0 Å². The van der Waals surface area contributed by atoms with Crippen LogP contribution in [0.25, 0.3) is 0 Å². The predicted octanol–water partition coefficient (Wildman–Crippen LogP) is 1.79. The van der Waals surface area contributed by atoms with Crippen molar-refractivity contribution in [1.82, 2.24) is 5.32 Å². The normalized spacial score (nSPS) is 9.95. The van der Waals surface area contributed by atoms with Crippen LogP contribution in [-0.2, 0) is 16.1 Å². The zero-order chi connectivity index (χ0) is 15.2. The van der Waals surface area contributed by atoms with Crippen molar-refractivity contribution in [2.24, 2.45) is 0 Å². The van der Waals surface area contributed by atoms with Gasteiger partial charge in [-0.3, -0.25) is 9.59 Å². The molecule has 0 atom stereocenters. The van der Waals surface area contributed by atoms with Gasteiger partial charge in [-0.05, 0) is 29.8 Å². The highest BCUT2D eigenvalue weighted by molar-refractivity contribution is 6.39. The lowest BCUT2D eigenvalue weighted by Crippen LogP contribution is -2.34. The molecule has 0 unspecified atom stereocenters. The number of phenols is 1. The number of rotatable bonds is 3. The standard InChI is InChI=1S/C15H13FN2O3/c16-11-7-5-10(6-8-11)9-17-14(20)15(21)18-12-3-1-2-4-13(12)19/h1-8,19H,9H2,(H,17,20)(H,18,21). The maximum atomic E-state index is 12.7. The molecule has 2 amide bonds. The molecule has 0 heterocycles. The lowest BCUT2D eigenvalue weighted by atomic mass is 10.2. The van der Waals surface area contributed by atoms with E-state index in [1.54, 1.807) is 12.1 Å². The van der Waals surface area contributed by atoms with Gasteiger partial charge in [-0.1, -0.05) is 24.3 Å². The average molecular weight is 288 g/mol. The third-order valence-corrected chi connectivity index (χ3v) is 2.72. The van der Waals surface area contributed by atoms with Crippen LogP contribution in [0.3, 0.4) is 0 Å². The summed E-state index contributed by atoms with van der Waals surface area (Å²) >= 11 is 0. The number of para-hydroxylation sites is 2. The first-order chi connectivity index (χ1) is 10.1. The van der Waals surface area contributed by atoms with Crippen molar-refractivity contribution in [1.29, 1.82) is 0 Å². The number of carbonyl (C=O) groups excluding carboxylic acids is 2. The Kier molecular flexibility index (Phi) is 4.50. The Bertz CT molecular complexity index is 656. The topological polar surface area (TPSA) is 78.4 Å². The first-order valence-electron chi connectivity index (χ1n) is 6.18. The summed E-state index contributed by atoms with van der Waals surface area (Å²) in [7, 11) is 0. The fourth-order valence-corrected chi connectivity index (χ4v) is 1.62. The highest BCUT2D eigenvalue weighted by Crippen LogP contribution is 2.21. The Hall–Kier alpha value is -2.89. The van der Waals surface area contributed by atoms with Crippen molar-refractivity contribution in [3.63, 3.8) is 0 Å². The van der Waals surface area contributed by atoms with E-state index in [-0.39, 0.29) is 23.8 Å². The number of phenolic OH excluding ortho intramolecular Hbond substituents is 1. The van der Waals surface area contributed by atoms with Gasteiger partial charge in [0.05, 0.1) is 5.69 Å². The third-order valence-electron chi connectivity index (χ3n) is 2.72. The molecule has 0 aliphatic carbocycles. The van der Waals surface area contributed by atoms with E-state index < -0.39 is 11.8 Å². The molecule has 0 fully saturated rings. The molecule has 0 radical (unpaired) electrons. The maximum Gasteiger partial charge on any atom is 0.313 e. The van der Waals surface area contributed by atoms with Crippen molar-refractivity contribution in [2.75, 3.05) is 5.32 Å². The first-order valence-corrected chi connectivity index (χ1v) is 6.18. The minimum atomic E-state index is -0.890. The summed E-state index contributed by atoms with van der Waals surface area (Å²) < 4.78 is 12.7. The molecule has 0 bridgehead atoms. The van der Waals surface area contributed by atoms with E-state index in [2.05, 4.69) is 10.6 Å². The lowest BCUT2D eigenvalue weighted by molar-refractivity contribution is -0.136. The van der Waals surface area contributed by atoms with Crippen LogP contribution < -0.4 is 10.6 Å². The largest absolute Gasteiger partial charge is 0.506 e. The molecular formula is C15H13FN2O3. The number of nitrogens with one attached hydrogen (secondary N) is 2. The van der Waals surface area contributed by atoms with Crippen LogP contribution in [0.5, 0.6) is 5.75 Å². The van der Waals surface area contributed by atoms with Crippen molar-refractivity contribution in [2.45, 2.75) is 6.54 Å². The first kappa shape index (κ1) is 14.5. The van der Waals surface area contributed by atoms with Gasteiger partial charge in [0.2, 0.25) is 0 Å². The van der Waals surface area contributed by atoms with Gasteiger partial charge >= 0.3 is 11.8 Å². The molecule has 3 N–H and O–H groups in total. The van der Waals surface area contributed by atoms with Gasteiger partial charge < -0.3 is 15.7 Å². The van der Waals surface area contributed by atoms with E-state index in [1.165, 1.54) is 36.4 Å². The summed E-state index contributed by atoms with van der Waals surface area (Å²) in [6.07, 6.45) is 0. The second-order valence-corrected chi connectivity index (χ2v) is 4.28. The maximum absolute atomic E-state index is 12.7. The molecule has 0 saturated heterocycles. The molecule has 21 heavy (non-hydrogen) atoms. The molecule has 6 heteroatoms. The molecule has 5 nitrogen and oxygen atoms in total. The van der Waals surface area contributed by atoms with Gasteiger partial charge in [-0.15, -0.1) is 0 Å². The number of hydrogen-bond donors (Lipinski definition) is 3. The van der Waals surface area contributed by atoms with Gasteiger partial charge in [0.25, 0.3) is 0 Å². The number of benzene rings is 2. The summed E-state index contributed by atoms with van der Waals surface area (Å²) in [6.45, 7) is 0.104. The van der Waals surface area contributed by atoms with Crippen molar-refractivity contribution < 1.29 is 19.1 Å². The van der Waals surface area contributed by atoms with Crippen LogP contribution in [-0.4, -0.2) is 16.9 Å². The minimum Gasteiger partial charge on any atom is -0.506 e. The average Bonchev–Trinajstić information content (AvgIpc) is 2.48. The second-order valence-electron chi connectivity index (χ2n) is 4.28. The Balaban J connectivity index is 1.90. The van der Waals surface area contributed by atoms with Crippen molar-refractivity contribution in [3.8, 4) is 5.75 Å². The minimum absolute atomic E-state index is 0.104. The SMILES string of the molecule is O=C(NCc1ccc(F)cc1)C(=O)Nc1ccccc1O. The number of amides is 2. The van der Waals surface area contributed by atoms with Gasteiger partial charge in [0.1, 0.15) is 11.6 Å². The quantitative estimate of drug-likeness (QED) is 0.595. The zero-order valence-electron chi connectivity index (χ0n) is 11.0. The van der Waals surface area contributed by atoms with Crippen LogP contribution in [0, 0.1) is 5.82 Å². The van der Waals surface area contributed by atoms with E-state index in [4.69, 9.17) is 0 Å². The van der Waals surface area contributed by atoms with Crippen molar-refractivity contribution in [3.05, 3.63) is 59.9 Å². The molecule has 2 aromatic carbocycles. The highest BCUT2D eigenvalue weighted by Gasteiger charge is 2.14. The fraction of sp³-hybridized carbons (Fsp3) is 0.0667. The predicted molar refractivity (Wildman–Crippen MR) is 75.0 cm³/mol. The number of halogens is 1. The van der Waals surface area contributed by atoms with Crippen molar-refractivity contribution >= 4 is 17.5 Å². The van der Waals surface area contributed by atoms with Crippen LogP contribution in [0.15, 0.2) is 48.5 Å². The van der Waals surface area contributed by atoms with E-state index in [0.29, 0.717) is 5.56 Å². The Morgan fingerprint density at radius 3 is 2.33 bits per heavy atom. The number of anilines is 1. The van der Waals surface area contributed by atoms with Gasteiger partial charge in [0, 0.05) is 6.54 Å². The Morgan fingerprint density at radius 1 is 1.00 bits per heavy atom. The molecular weight excluding hydrogens is 275 g/mol. The van der Waals surface area contributed by atoms with E-state index in [0.717, 1.165) is 0 Å². The molecule has 108 valence electrons. The van der Waals surface area contributed by atoms with Crippen LogP contribution in [0.1, 0.15) is 5.56 Å². The summed E-state index contributed by atoms with van der Waals surface area (Å²) in [4.78, 5) is 23.3. The van der Waals surface area contributed by atoms with Gasteiger partial charge in [-0.2, -0.15) is 0 Å². The summed E-state index contributed by atoms with van der Waals surface area (Å²) in [6, 6.07) is 11.6. The van der Waals surface area contributed by atoms with Gasteiger partial charge in [-0.25, -0.2) is 4.39 Å². The highest BCUT2D eigenvalue weighted by atomic mass is 19.1. The second kappa shape index (κ2) is 6.51. The monoisotopic (exact) mass is 288 g/mol.